The van der Waals surface area contributed by atoms with Crippen LogP contribution in [0.2, 0.25) is 0 Å². The third-order valence-corrected chi connectivity index (χ3v) is 5.24. The van der Waals surface area contributed by atoms with E-state index in [0.717, 1.165) is 35.1 Å². The van der Waals surface area contributed by atoms with E-state index >= 15 is 0 Å². The summed E-state index contributed by atoms with van der Waals surface area (Å²) in [4.78, 5) is 26.2. The minimum absolute atomic E-state index is 0.135. The van der Waals surface area contributed by atoms with Crippen molar-refractivity contribution in [3.63, 3.8) is 0 Å². The molecule has 1 amide bonds. The number of hydrogen-bond acceptors (Lipinski definition) is 4. The van der Waals surface area contributed by atoms with Gasteiger partial charge in [0, 0.05) is 18.5 Å². The Balaban J connectivity index is 2.33. The van der Waals surface area contributed by atoms with Gasteiger partial charge >= 0.3 is 5.97 Å². The fourth-order valence-corrected chi connectivity index (χ4v) is 3.61. The second-order valence-corrected chi connectivity index (χ2v) is 7.91. The first-order valence-corrected chi connectivity index (χ1v) is 10.5. The molecule has 2 aromatic rings. The molecule has 0 fully saturated rings. The Morgan fingerprint density at radius 3 is 2.29 bits per heavy atom. The van der Waals surface area contributed by atoms with Crippen LogP contribution in [0.1, 0.15) is 51.2 Å². The Morgan fingerprint density at radius 2 is 1.74 bits per heavy atom. The first-order chi connectivity index (χ1) is 14.8. The summed E-state index contributed by atoms with van der Waals surface area (Å²) < 4.78 is 0. The third kappa shape index (κ3) is 6.07. The minimum atomic E-state index is -0.984. The predicted molar refractivity (Wildman–Crippen MR) is 123 cm³/mol. The highest BCUT2D eigenvalue weighted by Crippen LogP contribution is 2.25. The number of carbonyl (C=O) groups is 2. The third-order valence-electron chi connectivity index (χ3n) is 5.24. The number of carboxylic acid groups (broad SMARTS) is 1. The molecule has 0 aliphatic heterocycles. The largest absolute Gasteiger partial charge is 0.480 e. The Hall–Kier alpha value is -3.35. The first-order valence-electron chi connectivity index (χ1n) is 10.5. The SMILES string of the molecule is CCCCC(=O)N(Cc1ccc(-c2ccccc2/C(N)=N/N)cc1)[C@H](C(=O)O)C(C)C. The van der Waals surface area contributed by atoms with E-state index in [1.54, 1.807) is 0 Å². The summed E-state index contributed by atoms with van der Waals surface area (Å²) in [6, 6.07) is 14.3. The van der Waals surface area contributed by atoms with E-state index < -0.39 is 12.0 Å². The van der Waals surface area contributed by atoms with Gasteiger partial charge in [-0.1, -0.05) is 75.7 Å². The number of nitrogens with zero attached hydrogens (tertiary/aromatic N) is 2. The molecule has 2 rings (SSSR count). The average molecular weight is 425 g/mol. The summed E-state index contributed by atoms with van der Waals surface area (Å²) >= 11 is 0. The molecule has 0 spiro atoms. The van der Waals surface area contributed by atoms with Crippen LogP contribution in [-0.4, -0.2) is 33.8 Å². The lowest BCUT2D eigenvalue weighted by Gasteiger charge is -2.32. The number of amidine groups is 1. The van der Waals surface area contributed by atoms with E-state index in [1.165, 1.54) is 4.90 Å². The molecule has 0 aliphatic rings. The molecule has 0 saturated carbocycles. The van der Waals surface area contributed by atoms with Crippen molar-refractivity contribution in [3.05, 3.63) is 59.7 Å². The summed E-state index contributed by atoms with van der Waals surface area (Å²) in [5.74, 6) is 4.27. The van der Waals surface area contributed by atoms with Gasteiger partial charge in [0.2, 0.25) is 5.91 Å². The number of benzene rings is 2. The van der Waals surface area contributed by atoms with Gasteiger partial charge in [-0.25, -0.2) is 4.79 Å². The Bertz CT molecular complexity index is 923. The van der Waals surface area contributed by atoms with Crippen LogP contribution in [0.25, 0.3) is 11.1 Å². The molecule has 5 N–H and O–H groups in total. The molecule has 0 bridgehead atoms. The zero-order chi connectivity index (χ0) is 23.0. The Kier molecular flexibility index (Phi) is 8.61. The summed E-state index contributed by atoms with van der Waals surface area (Å²) in [6.07, 6.45) is 1.96. The van der Waals surface area contributed by atoms with Crippen molar-refractivity contribution in [2.24, 2.45) is 22.6 Å². The molecule has 0 aromatic heterocycles. The number of rotatable bonds is 10. The standard InChI is InChI=1S/C24H32N4O3/c1-4-5-10-21(29)28(22(16(2)3)24(30)31)15-17-11-13-18(14-12-17)19-8-6-7-9-20(19)23(25)27-26/h6-9,11-14,16,22H,4-5,10,15,26H2,1-3H3,(H2,25,27)(H,30,31)/t22-/m0/s1. The van der Waals surface area contributed by atoms with E-state index in [1.807, 2.05) is 69.3 Å². The van der Waals surface area contributed by atoms with Crippen LogP contribution in [0.4, 0.5) is 0 Å². The van der Waals surface area contributed by atoms with E-state index in [0.29, 0.717) is 6.42 Å². The molecule has 0 aliphatic carbocycles. The molecular weight excluding hydrogens is 392 g/mol. The van der Waals surface area contributed by atoms with E-state index in [2.05, 4.69) is 5.10 Å². The van der Waals surface area contributed by atoms with Gasteiger partial charge in [0.25, 0.3) is 0 Å². The van der Waals surface area contributed by atoms with Crippen LogP contribution in [-0.2, 0) is 16.1 Å². The van der Waals surface area contributed by atoms with Gasteiger partial charge in [0.05, 0.1) is 0 Å². The van der Waals surface area contributed by atoms with E-state index in [4.69, 9.17) is 11.6 Å². The second-order valence-electron chi connectivity index (χ2n) is 7.91. The zero-order valence-corrected chi connectivity index (χ0v) is 18.4. The predicted octanol–water partition coefficient (Wildman–Crippen LogP) is 3.56. The van der Waals surface area contributed by atoms with Crippen molar-refractivity contribution in [2.75, 3.05) is 0 Å². The molecule has 31 heavy (non-hydrogen) atoms. The molecular formula is C24H32N4O3. The van der Waals surface area contributed by atoms with Crippen molar-refractivity contribution in [1.82, 2.24) is 4.90 Å². The van der Waals surface area contributed by atoms with E-state index in [9.17, 15) is 14.7 Å². The summed E-state index contributed by atoms with van der Waals surface area (Å²) in [5, 5.41) is 13.3. The topological polar surface area (TPSA) is 122 Å². The van der Waals surface area contributed by atoms with Crippen LogP contribution in [0.3, 0.4) is 0 Å². The maximum atomic E-state index is 12.8. The van der Waals surface area contributed by atoms with Gasteiger partial charge in [0.15, 0.2) is 5.84 Å². The first kappa shape index (κ1) is 23.9. The lowest BCUT2D eigenvalue weighted by molar-refractivity contribution is -0.153. The highest BCUT2D eigenvalue weighted by molar-refractivity contribution is 6.03. The summed E-state index contributed by atoms with van der Waals surface area (Å²) in [6.45, 7) is 5.89. The minimum Gasteiger partial charge on any atom is -0.480 e. The fraction of sp³-hybridized carbons (Fsp3) is 0.375. The molecule has 0 unspecified atom stereocenters. The van der Waals surface area contributed by atoms with Gasteiger partial charge in [-0.3, -0.25) is 4.79 Å². The van der Waals surface area contributed by atoms with Gasteiger partial charge in [0.1, 0.15) is 6.04 Å². The second kappa shape index (κ2) is 11.2. The number of hydrazone groups is 1. The molecule has 0 saturated heterocycles. The van der Waals surface area contributed by atoms with Crippen LogP contribution < -0.4 is 11.6 Å². The lowest BCUT2D eigenvalue weighted by atomic mass is 9.97. The van der Waals surface area contributed by atoms with Gasteiger partial charge in [-0.15, -0.1) is 0 Å². The molecule has 2 aromatic carbocycles. The van der Waals surface area contributed by atoms with Crippen LogP contribution in [0.15, 0.2) is 53.6 Å². The number of nitrogens with two attached hydrogens (primary N) is 2. The quantitative estimate of drug-likeness (QED) is 0.233. The maximum absolute atomic E-state index is 12.8. The number of amides is 1. The highest BCUT2D eigenvalue weighted by atomic mass is 16.4. The number of carbonyl (C=O) groups excluding carboxylic acids is 1. The molecule has 1 atom stereocenters. The van der Waals surface area contributed by atoms with E-state index in [-0.39, 0.29) is 24.2 Å². The molecule has 166 valence electrons. The van der Waals surface area contributed by atoms with Crippen molar-refractivity contribution in [1.29, 1.82) is 0 Å². The number of carboxylic acids is 1. The molecule has 7 heteroatoms. The zero-order valence-electron chi connectivity index (χ0n) is 18.4. The monoisotopic (exact) mass is 424 g/mol. The van der Waals surface area contributed by atoms with Gasteiger partial charge in [-0.2, -0.15) is 5.10 Å². The normalized spacial score (nSPS) is 12.6. The summed E-state index contributed by atoms with van der Waals surface area (Å²) in [7, 11) is 0. The molecule has 0 heterocycles. The van der Waals surface area contributed by atoms with Crippen LogP contribution >= 0.6 is 0 Å². The Labute approximate surface area is 183 Å². The number of hydrogen-bond donors (Lipinski definition) is 3. The fourth-order valence-electron chi connectivity index (χ4n) is 3.61. The number of aliphatic carboxylic acids is 1. The number of unbranched alkanes of at least 4 members (excludes halogenated alkanes) is 1. The van der Waals surface area contributed by atoms with Crippen LogP contribution in [0, 0.1) is 5.92 Å². The van der Waals surface area contributed by atoms with Crippen molar-refractivity contribution in [3.8, 4) is 11.1 Å². The van der Waals surface area contributed by atoms with Crippen molar-refractivity contribution < 1.29 is 14.7 Å². The summed E-state index contributed by atoms with van der Waals surface area (Å²) in [5.41, 5.74) is 9.33. The smallest absolute Gasteiger partial charge is 0.326 e. The molecule has 0 radical (unpaired) electrons. The van der Waals surface area contributed by atoms with Gasteiger partial charge < -0.3 is 21.6 Å². The van der Waals surface area contributed by atoms with Gasteiger partial charge in [-0.05, 0) is 29.0 Å². The molecule has 7 nitrogen and oxygen atoms in total. The Morgan fingerprint density at radius 1 is 1.10 bits per heavy atom. The van der Waals surface area contributed by atoms with Crippen molar-refractivity contribution >= 4 is 17.7 Å². The van der Waals surface area contributed by atoms with Crippen LogP contribution in [0.5, 0.6) is 0 Å². The van der Waals surface area contributed by atoms with Crippen molar-refractivity contribution in [2.45, 2.75) is 52.6 Å². The average Bonchev–Trinajstić information content (AvgIpc) is 2.76. The highest BCUT2D eigenvalue weighted by Gasteiger charge is 2.32. The lowest BCUT2D eigenvalue weighted by Crippen LogP contribution is -2.47. The maximum Gasteiger partial charge on any atom is 0.326 e.